The molecule has 0 spiro atoms. The summed E-state index contributed by atoms with van der Waals surface area (Å²) in [5.74, 6) is -0.269. The van der Waals surface area contributed by atoms with Crippen LogP contribution in [0.1, 0.15) is 29.6 Å². The molecule has 0 aliphatic carbocycles. The smallest absolute Gasteiger partial charge is 0.258 e. The van der Waals surface area contributed by atoms with Gasteiger partial charge in [0, 0.05) is 25.0 Å². The zero-order chi connectivity index (χ0) is 18.6. The summed E-state index contributed by atoms with van der Waals surface area (Å²) in [6.45, 7) is 1.14. The number of aromatic nitrogens is 1. The topological polar surface area (TPSA) is 79.4 Å². The van der Waals surface area contributed by atoms with Gasteiger partial charge in [-0.3, -0.25) is 4.79 Å². The monoisotopic (exact) mass is 391 g/mol. The van der Waals surface area contributed by atoms with E-state index in [9.17, 15) is 13.2 Å². The van der Waals surface area contributed by atoms with Gasteiger partial charge in [0.15, 0.2) is 0 Å². The highest BCUT2D eigenvalue weighted by molar-refractivity contribution is 7.98. The number of nitrogens with one attached hydrogen (secondary N) is 1. The largest absolute Gasteiger partial charge is 0.322 e. The Morgan fingerprint density at radius 3 is 2.46 bits per heavy atom. The van der Waals surface area contributed by atoms with Crippen molar-refractivity contribution in [2.24, 2.45) is 0 Å². The SMILES string of the molecule is CSc1ncccc1C(=O)Nc1ccc(S(=O)(=O)N2CCCCC2)cc1. The molecule has 6 nitrogen and oxygen atoms in total. The van der Waals surface area contributed by atoms with Crippen LogP contribution in [0, 0.1) is 0 Å². The number of hydrogen-bond donors (Lipinski definition) is 1. The molecule has 0 unspecified atom stereocenters. The molecule has 1 fully saturated rings. The van der Waals surface area contributed by atoms with E-state index in [1.54, 1.807) is 30.5 Å². The average Bonchev–Trinajstić information content (AvgIpc) is 2.69. The van der Waals surface area contributed by atoms with E-state index in [2.05, 4.69) is 10.3 Å². The lowest BCUT2D eigenvalue weighted by molar-refractivity contribution is 0.102. The van der Waals surface area contributed by atoms with Crippen LogP contribution >= 0.6 is 11.8 Å². The molecule has 26 heavy (non-hydrogen) atoms. The van der Waals surface area contributed by atoms with Gasteiger partial charge in [0.05, 0.1) is 10.5 Å². The number of hydrogen-bond acceptors (Lipinski definition) is 5. The lowest BCUT2D eigenvalue weighted by atomic mass is 10.2. The Morgan fingerprint density at radius 2 is 1.81 bits per heavy atom. The van der Waals surface area contributed by atoms with Crippen molar-refractivity contribution >= 4 is 33.4 Å². The highest BCUT2D eigenvalue weighted by Gasteiger charge is 2.25. The molecule has 0 atom stereocenters. The van der Waals surface area contributed by atoms with Gasteiger partial charge < -0.3 is 5.32 Å². The Bertz CT molecular complexity index is 877. The Balaban J connectivity index is 1.74. The van der Waals surface area contributed by atoms with Crippen molar-refractivity contribution < 1.29 is 13.2 Å². The average molecular weight is 392 g/mol. The van der Waals surface area contributed by atoms with Gasteiger partial charge in [0.1, 0.15) is 5.03 Å². The highest BCUT2D eigenvalue weighted by Crippen LogP contribution is 2.23. The zero-order valence-electron chi connectivity index (χ0n) is 14.5. The zero-order valence-corrected chi connectivity index (χ0v) is 16.1. The van der Waals surface area contributed by atoms with Crippen molar-refractivity contribution in [3.8, 4) is 0 Å². The number of amides is 1. The minimum absolute atomic E-state index is 0.253. The number of piperidine rings is 1. The van der Waals surface area contributed by atoms with Gasteiger partial charge in [0.2, 0.25) is 10.0 Å². The van der Waals surface area contributed by atoms with Crippen molar-refractivity contribution in [2.45, 2.75) is 29.2 Å². The normalized spacial score (nSPS) is 15.6. The van der Waals surface area contributed by atoms with Gasteiger partial charge in [-0.05, 0) is 55.5 Å². The molecule has 138 valence electrons. The predicted octanol–water partition coefficient (Wildman–Crippen LogP) is 3.23. The van der Waals surface area contributed by atoms with E-state index < -0.39 is 10.0 Å². The van der Waals surface area contributed by atoms with E-state index in [0.29, 0.717) is 29.4 Å². The van der Waals surface area contributed by atoms with Crippen molar-refractivity contribution in [3.05, 3.63) is 48.2 Å². The van der Waals surface area contributed by atoms with E-state index >= 15 is 0 Å². The summed E-state index contributed by atoms with van der Waals surface area (Å²) in [6.07, 6.45) is 6.37. The van der Waals surface area contributed by atoms with Gasteiger partial charge in [0.25, 0.3) is 5.91 Å². The first-order chi connectivity index (χ1) is 12.5. The summed E-state index contributed by atoms with van der Waals surface area (Å²) < 4.78 is 26.8. The molecular formula is C18H21N3O3S2. The lowest BCUT2D eigenvalue weighted by Gasteiger charge is -2.25. The number of benzene rings is 1. The Morgan fingerprint density at radius 1 is 1.12 bits per heavy atom. The minimum atomic E-state index is -3.46. The molecule has 1 aliphatic heterocycles. The molecule has 1 aromatic heterocycles. The number of carbonyl (C=O) groups excluding carboxylic acids is 1. The van der Waals surface area contributed by atoms with E-state index in [0.717, 1.165) is 19.3 Å². The quantitative estimate of drug-likeness (QED) is 0.792. The molecule has 1 aliphatic rings. The maximum atomic E-state index is 12.7. The van der Waals surface area contributed by atoms with E-state index in [-0.39, 0.29) is 10.8 Å². The number of nitrogens with zero attached hydrogens (tertiary/aromatic N) is 2. The number of sulfonamides is 1. The summed E-state index contributed by atoms with van der Waals surface area (Å²) in [7, 11) is -3.46. The molecule has 3 rings (SSSR count). The summed E-state index contributed by atoms with van der Waals surface area (Å²) in [4.78, 5) is 16.9. The second-order valence-electron chi connectivity index (χ2n) is 6.00. The Hall–Kier alpha value is -1.90. The van der Waals surface area contributed by atoms with Gasteiger partial charge in [-0.25, -0.2) is 13.4 Å². The first kappa shape index (κ1) is 18.9. The number of pyridine rings is 1. The number of carbonyl (C=O) groups is 1. The van der Waals surface area contributed by atoms with Crippen molar-refractivity contribution in [1.29, 1.82) is 0 Å². The fourth-order valence-corrected chi connectivity index (χ4v) is 4.95. The third-order valence-corrected chi connectivity index (χ3v) is 6.90. The molecule has 8 heteroatoms. The molecule has 1 aromatic carbocycles. The molecule has 1 amide bonds. The summed E-state index contributed by atoms with van der Waals surface area (Å²) >= 11 is 1.40. The fraction of sp³-hybridized carbons (Fsp3) is 0.333. The van der Waals surface area contributed by atoms with Crippen LogP contribution in [-0.4, -0.2) is 43.0 Å². The van der Waals surface area contributed by atoms with Crippen LogP contribution in [-0.2, 0) is 10.0 Å². The Labute approximate surface area is 158 Å². The van der Waals surface area contributed by atoms with Crippen molar-refractivity contribution in [2.75, 3.05) is 24.7 Å². The third-order valence-electron chi connectivity index (χ3n) is 4.27. The van der Waals surface area contributed by atoms with E-state index in [1.165, 1.54) is 28.2 Å². The van der Waals surface area contributed by atoms with Crippen molar-refractivity contribution in [1.82, 2.24) is 9.29 Å². The van der Waals surface area contributed by atoms with Crippen LogP contribution in [0.25, 0.3) is 0 Å². The molecule has 0 saturated carbocycles. The maximum absolute atomic E-state index is 12.7. The minimum Gasteiger partial charge on any atom is -0.322 e. The Kier molecular flexibility index (Phi) is 5.95. The first-order valence-corrected chi connectivity index (χ1v) is 11.1. The van der Waals surface area contributed by atoms with Gasteiger partial charge in [-0.2, -0.15) is 4.31 Å². The predicted molar refractivity (Wildman–Crippen MR) is 103 cm³/mol. The van der Waals surface area contributed by atoms with Crippen molar-refractivity contribution in [3.63, 3.8) is 0 Å². The molecule has 0 radical (unpaired) electrons. The number of rotatable bonds is 5. The molecule has 1 saturated heterocycles. The number of thioether (sulfide) groups is 1. The second kappa shape index (κ2) is 8.20. The van der Waals surface area contributed by atoms with Gasteiger partial charge in [-0.15, -0.1) is 11.8 Å². The second-order valence-corrected chi connectivity index (χ2v) is 8.74. The van der Waals surface area contributed by atoms with Crippen LogP contribution in [0.2, 0.25) is 0 Å². The van der Waals surface area contributed by atoms with Crippen LogP contribution in [0.3, 0.4) is 0 Å². The molecular weight excluding hydrogens is 370 g/mol. The fourth-order valence-electron chi connectivity index (χ4n) is 2.89. The standard InChI is InChI=1S/C18H21N3O3S2/c1-25-18-16(6-5-11-19-18)17(22)20-14-7-9-15(10-8-14)26(23,24)21-12-3-2-4-13-21/h5-11H,2-4,12-13H2,1H3,(H,20,22). The summed E-state index contributed by atoms with van der Waals surface area (Å²) in [5, 5.41) is 3.44. The van der Waals surface area contributed by atoms with Crippen LogP contribution in [0.4, 0.5) is 5.69 Å². The van der Waals surface area contributed by atoms with E-state index in [4.69, 9.17) is 0 Å². The lowest BCUT2D eigenvalue weighted by Crippen LogP contribution is -2.35. The van der Waals surface area contributed by atoms with Gasteiger partial charge in [-0.1, -0.05) is 6.42 Å². The summed E-state index contributed by atoms with van der Waals surface area (Å²) in [6, 6.07) is 9.73. The summed E-state index contributed by atoms with van der Waals surface area (Å²) in [5.41, 5.74) is 1.04. The van der Waals surface area contributed by atoms with Crippen LogP contribution in [0.15, 0.2) is 52.5 Å². The molecule has 2 heterocycles. The van der Waals surface area contributed by atoms with Crippen LogP contribution < -0.4 is 5.32 Å². The maximum Gasteiger partial charge on any atom is 0.258 e. The van der Waals surface area contributed by atoms with Gasteiger partial charge >= 0.3 is 0 Å². The first-order valence-electron chi connectivity index (χ1n) is 8.43. The molecule has 2 aromatic rings. The van der Waals surface area contributed by atoms with E-state index in [1.807, 2.05) is 6.26 Å². The third kappa shape index (κ3) is 4.08. The number of anilines is 1. The van der Waals surface area contributed by atoms with Crippen LogP contribution in [0.5, 0.6) is 0 Å². The molecule has 1 N–H and O–H groups in total. The molecule has 0 bridgehead atoms. The highest BCUT2D eigenvalue weighted by atomic mass is 32.2.